The van der Waals surface area contributed by atoms with Gasteiger partial charge in [-0.3, -0.25) is 0 Å². The van der Waals surface area contributed by atoms with Crippen LogP contribution in [0.3, 0.4) is 0 Å². The first-order valence-electron chi connectivity index (χ1n) is 6.71. The van der Waals surface area contributed by atoms with Crippen LogP contribution in [-0.2, 0) is 20.8 Å². The molecule has 0 unspecified atom stereocenters. The first kappa shape index (κ1) is 16.8. The topological polar surface area (TPSA) is 75.8 Å². The van der Waals surface area contributed by atoms with Crippen molar-refractivity contribution in [1.82, 2.24) is 4.98 Å². The molecule has 0 saturated heterocycles. The van der Waals surface area contributed by atoms with Gasteiger partial charge in [0.05, 0.1) is 33.0 Å². The summed E-state index contributed by atoms with van der Waals surface area (Å²) in [4.78, 5) is 4.28. The van der Waals surface area contributed by atoms with Gasteiger partial charge >= 0.3 is 0 Å². The molecule has 0 aliphatic carbocycles. The second-order valence-corrected chi connectivity index (χ2v) is 4.23. The third kappa shape index (κ3) is 7.40. The molecule has 1 heterocycles. The molecule has 0 spiro atoms. The molecule has 6 heteroatoms. The van der Waals surface area contributed by atoms with Crippen molar-refractivity contribution < 1.29 is 18.9 Å². The van der Waals surface area contributed by atoms with E-state index in [0.29, 0.717) is 52.1 Å². The molecule has 1 aromatic heterocycles. The quantitative estimate of drug-likeness (QED) is 0.609. The van der Waals surface area contributed by atoms with E-state index in [1.807, 2.05) is 19.1 Å². The molecule has 0 atom stereocenters. The lowest BCUT2D eigenvalue weighted by molar-refractivity contribution is 0.0176. The zero-order valence-electron chi connectivity index (χ0n) is 12.3. The van der Waals surface area contributed by atoms with E-state index in [9.17, 15) is 0 Å². The van der Waals surface area contributed by atoms with Crippen LogP contribution in [-0.4, -0.2) is 51.7 Å². The number of nitrogens with zero attached hydrogens (tertiary/aromatic N) is 1. The Morgan fingerprint density at radius 1 is 1.00 bits per heavy atom. The highest BCUT2D eigenvalue weighted by Gasteiger charge is 2.00. The number of aromatic nitrogens is 1. The molecule has 0 amide bonds. The maximum absolute atomic E-state index is 5.60. The van der Waals surface area contributed by atoms with E-state index in [-0.39, 0.29) is 0 Å². The molecule has 1 rings (SSSR count). The Morgan fingerprint density at radius 2 is 1.65 bits per heavy atom. The molecule has 0 aromatic carbocycles. The molecule has 0 radical (unpaired) electrons. The van der Waals surface area contributed by atoms with Crippen molar-refractivity contribution in [3.63, 3.8) is 0 Å². The van der Waals surface area contributed by atoms with E-state index in [1.165, 1.54) is 0 Å². The van der Waals surface area contributed by atoms with E-state index >= 15 is 0 Å². The number of pyridine rings is 1. The molecule has 0 aliphatic heterocycles. The minimum absolute atomic E-state index is 0.457. The highest BCUT2D eigenvalue weighted by molar-refractivity contribution is 5.24. The van der Waals surface area contributed by atoms with Crippen LogP contribution in [0.25, 0.3) is 0 Å². The van der Waals surface area contributed by atoms with Crippen LogP contribution < -0.4 is 10.5 Å². The van der Waals surface area contributed by atoms with Gasteiger partial charge in [-0.2, -0.15) is 0 Å². The third-order valence-corrected chi connectivity index (χ3v) is 2.51. The number of rotatable bonds is 11. The van der Waals surface area contributed by atoms with Crippen LogP contribution >= 0.6 is 0 Å². The van der Waals surface area contributed by atoms with Crippen LogP contribution in [0.2, 0.25) is 0 Å². The number of hydrogen-bond donors (Lipinski definition) is 1. The summed E-state index contributed by atoms with van der Waals surface area (Å²) in [7, 11) is 1.65. The van der Waals surface area contributed by atoms with Crippen molar-refractivity contribution in [1.29, 1.82) is 0 Å². The maximum atomic E-state index is 5.60. The largest absolute Gasteiger partial charge is 0.475 e. The molecule has 114 valence electrons. The van der Waals surface area contributed by atoms with Crippen molar-refractivity contribution in [2.24, 2.45) is 5.73 Å². The lowest BCUT2D eigenvalue weighted by Crippen LogP contribution is -2.13. The Hall–Kier alpha value is -1.21. The van der Waals surface area contributed by atoms with Crippen molar-refractivity contribution >= 4 is 0 Å². The highest BCUT2D eigenvalue weighted by atomic mass is 16.6. The van der Waals surface area contributed by atoms with Gasteiger partial charge in [-0.1, -0.05) is 0 Å². The predicted molar refractivity (Wildman–Crippen MR) is 75.9 cm³/mol. The molecule has 6 nitrogen and oxygen atoms in total. The molecule has 0 saturated carbocycles. The molecular weight excluding hydrogens is 260 g/mol. The maximum Gasteiger partial charge on any atom is 0.213 e. The summed E-state index contributed by atoms with van der Waals surface area (Å²) in [5.74, 6) is 0.588. The molecule has 0 bridgehead atoms. The first-order chi connectivity index (χ1) is 9.76. The van der Waals surface area contributed by atoms with Gasteiger partial charge in [-0.05, 0) is 18.6 Å². The van der Waals surface area contributed by atoms with E-state index < -0.39 is 0 Å². The van der Waals surface area contributed by atoms with Crippen LogP contribution in [0.1, 0.15) is 11.3 Å². The van der Waals surface area contributed by atoms with E-state index in [2.05, 4.69) is 4.98 Å². The van der Waals surface area contributed by atoms with Gasteiger partial charge in [0.1, 0.15) is 6.61 Å². The van der Waals surface area contributed by atoms with E-state index in [0.717, 1.165) is 11.3 Å². The zero-order chi connectivity index (χ0) is 14.6. The average molecular weight is 284 g/mol. The fraction of sp³-hybridized carbons (Fsp3) is 0.643. The van der Waals surface area contributed by atoms with E-state index in [1.54, 1.807) is 7.11 Å². The summed E-state index contributed by atoms with van der Waals surface area (Å²) in [5, 5.41) is 0. The molecule has 0 aliphatic rings. The van der Waals surface area contributed by atoms with Gasteiger partial charge in [0.15, 0.2) is 0 Å². The van der Waals surface area contributed by atoms with Gasteiger partial charge in [-0.25, -0.2) is 4.98 Å². The summed E-state index contributed by atoms with van der Waals surface area (Å²) in [6.07, 6.45) is 0. The van der Waals surface area contributed by atoms with Crippen molar-refractivity contribution in [2.45, 2.75) is 13.5 Å². The average Bonchev–Trinajstić information content (AvgIpc) is 2.45. The number of nitrogens with two attached hydrogens (primary N) is 1. The Kier molecular flexibility index (Phi) is 8.90. The Labute approximate surface area is 120 Å². The normalized spacial score (nSPS) is 10.8. The number of aryl methyl sites for hydroxylation is 1. The second kappa shape index (κ2) is 10.6. The SMILES string of the molecule is COCCOCCOCCOc1cc(CN)cc(C)n1. The fourth-order valence-electron chi connectivity index (χ4n) is 1.57. The predicted octanol–water partition coefficient (Wildman–Crippen LogP) is 0.907. The van der Waals surface area contributed by atoms with Gasteiger partial charge in [0.25, 0.3) is 0 Å². The zero-order valence-corrected chi connectivity index (χ0v) is 12.3. The van der Waals surface area contributed by atoms with Gasteiger partial charge in [0.2, 0.25) is 5.88 Å². The summed E-state index contributed by atoms with van der Waals surface area (Å²) in [6.45, 7) is 5.65. The Morgan fingerprint density at radius 3 is 2.30 bits per heavy atom. The van der Waals surface area contributed by atoms with Crippen LogP contribution in [0.15, 0.2) is 12.1 Å². The van der Waals surface area contributed by atoms with Crippen LogP contribution in [0.5, 0.6) is 5.88 Å². The first-order valence-corrected chi connectivity index (χ1v) is 6.71. The van der Waals surface area contributed by atoms with Gasteiger partial charge in [0, 0.05) is 25.4 Å². The summed E-state index contributed by atoms with van der Waals surface area (Å²) < 4.78 is 21.0. The molecule has 20 heavy (non-hydrogen) atoms. The lowest BCUT2D eigenvalue weighted by atomic mass is 10.2. The fourth-order valence-corrected chi connectivity index (χ4v) is 1.57. The monoisotopic (exact) mass is 284 g/mol. The molecule has 1 aromatic rings. The standard InChI is InChI=1S/C14H24N2O4/c1-12-9-13(11-15)10-14(16-12)20-8-7-19-6-5-18-4-3-17-2/h9-10H,3-8,11,15H2,1-2H3. The highest BCUT2D eigenvalue weighted by Crippen LogP contribution is 2.11. The minimum atomic E-state index is 0.457. The van der Waals surface area contributed by atoms with Crippen molar-refractivity contribution in [3.05, 3.63) is 23.4 Å². The van der Waals surface area contributed by atoms with Crippen LogP contribution in [0.4, 0.5) is 0 Å². The van der Waals surface area contributed by atoms with Crippen LogP contribution in [0, 0.1) is 6.92 Å². The number of methoxy groups -OCH3 is 1. The van der Waals surface area contributed by atoms with Crippen molar-refractivity contribution in [2.75, 3.05) is 46.8 Å². The third-order valence-electron chi connectivity index (χ3n) is 2.51. The van der Waals surface area contributed by atoms with Gasteiger partial charge < -0.3 is 24.7 Å². The molecule has 2 N–H and O–H groups in total. The summed E-state index contributed by atoms with van der Waals surface area (Å²) >= 11 is 0. The molecule has 0 fully saturated rings. The Balaban J connectivity index is 2.08. The minimum Gasteiger partial charge on any atom is -0.475 e. The Bertz CT molecular complexity index is 374. The van der Waals surface area contributed by atoms with E-state index in [4.69, 9.17) is 24.7 Å². The smallest absolute Gasteiger partial charge is 0.213 e. The summed E-state index contributed by atoms with van der Waals surface area (Å²) in [6, 6.07) is 3.79. The van der Waals surface area contributed by atoms with Crippen molar-refractivity contribution in [3.8, 4) is 5.88 Å². The lowest BCUT2D eigenvalue weighted by Gasteiger charge is -2.09. The number of hydrogen-bond acceptors (Lipinski definition) is 6. The van der Waals surface area contributed by atoms with Gasteiger partial charge in [-0.15, -0.1) is 0 Å². The second-order valence-electron chi connectivity index (χ2n) is 4.23. The molecular formula is C14H24N2O4. The number of ether oxygens (including phenoxy) is 4. The summed E-state index contributed by atoms with van der Waals surface area (Å²) in [5.41, 5.74) is 7.51.